The molecule has 6 heteroatoms. The number of cyclic esters (lactones) is 1. The highest BCUT2D eigenvalue weighted by atomic mass is 16.6. The van der Waals surface area contributed by atoms with Gasteiger partial charge in [-0.2, -0.15) is 0 Å². The Morgan fingerprint density at radius 3 is 2.49 bits per heavy atom. The maximum absolute atomic E-state index is 11.7. The molecule has 0 radical (unpaired) electrons. The number of carbonyl (C=O) groups excluding carboxylic acids is 3. The van der Waals surface area contributed by atoms with E-state index in [-0.39, 0.29) is 19.2 Å². The fourth-order valence-electron chi connectivity index (χ4n) is 4.87. The SMILES string of the molecule is CC(=O)OCC1=CC(=O)O[C@@H]1C/C=C(\CC/C=C(/C)CCC1=C(C)CCCC1(C)C)COC(C)=O. The Balaban J connectivity index is 1.95. The molecule has 194 valence electrons. The lowest BCUT2D eigenvalue weighted by Crippen LogP contribution is -2.20. The molecule has 0 saturated heterocycles. The van der Waals surface area contributed by atoms with E-state index in [0.29, 0.717) is 17.4 Å². The van der Waals surface area contributed by atoms with Crippen molar-refractivity contribution in [3.05, 3.63) is 46.1 Å². The standard InChI is InChI=1S/C29H42O6/c1-20(12-14-26-21(2)10-8-16-29(26,5)6)9-7-11-24(18-33-22(3)30)13-15-27-25(17-28(32)35-27)19-34-23(4)31/h9,13,17,27H,7-8,10-12,14-16,18-19H2,1-6H3/b20-9-,24-13+/t27-/m1/s1. The van der Waals surface area contributed by atoms with Crippen LogP contribution in [0.3, 0.4) is 0 Å². The van der Waals surface area contributed by atoms with Gasteiger partial charge in [0.15, 0.2) is 0 Å². The van der Waals surface area contributed by atoms with Gasteiger partial charge >= 0.3 is 17.9 Å². The zero-order valence-electron chi connectivity index (χ0n) is 22.3. The predicted molar refractivity (Wildman–Crippen MR) is 136 cm³/mol. The Morgan fingerprint density at radius 1 is 1.11 bits per heavy atom. The van der Waals surface area contributed by atoms with E-state index < -0.39 is 18.0 Å². The molecule has 0 saturated carbocycles. The second-order valence-corrected chi connectivity index (χ2v) is 10.4. The molecular formula is C29H42O6. The van der Waals surface area contributed by atoms with Crippen LogP contribution in [-0.2, 0) is 28.6 Å². The number of carbonyl (C=O) groups is 3. The van der Waals surface area contributed by atoms with Crippen molar-refractivity contribution in [2.75, 3.05) is 13.2 Å². The van der Waals surface area contributed by atoms with Gasteiger partial charge in [0.2, 0.25) is 0 Å². The van der Waals surface area contributed by atoms with Gasteiger partial charge < -0.3 is 14.2 Å². The second kappa shape index (κ2) is 13.5. The number of rotatable bonds is 12. The summed E-state index contributed by atoms with van der Waals surface area (Å²) in [6.45, 7) is 12.2. The smallest absolute Gasteiger partial charge is 0.331 e. The average Bonchev–Trinajstić information content (AvgIpc) is 3.12. The van der Waals surface area contributed by atoms with E-state index in [1.165, 1.54) is 44.8 Å². The van der Waals surface area contributed by atoms with Crippen molar-refractivity contribution in [3.63, 3.8) is 0 Å². The van der Waals surface area contributed by atoms with Gasteiger partial charge in [-0.1, -0.05) is 42.7 Å². The Bertz CT molecular complexity index is 915. The van der Waals surface area contributed by atoms with E-state index in [2.05, 4.69) is 33.8 Å². The third kappa shape index (κ3) is 9.87. The summed E-state index contributed by atoms with van der Waals surface area (Å²) in [5, 5.41) is 0. The quantitative estimate of drug-likeness (QED) is 0.183. The first-order valence-electron chi connectivity index (χ1n) is 12.7. The first-order chi connectivity index (χ1) is 16.5. The highest BCUT2D eigenvalue weighted by Gasteiger charge is 2.28. The Hall–Kier alpha value is -2.63. The Labute approximate surface area is 210 Å². The van der Waals surface area contributed by atoms with E-state index >= 15 is 0 Å². The van der Waals surface area contributed by atoms with Crippen molar-refractivity contribution >= 4 is 17.9 Å². The van der Waals surface area contributed by atoms with Gasteiger partial charge in [0.1, 0.15) is 19.3 Å². The first kappa shape index (κ1) is 28.6. The van der Waals surface area contributed by atoms with Crippen molar-refractivity contribution in [1.29, 1.82) is 0 Å². The lowest BCUT2D eigenvalue weighted by atomic mass is 9.71. The van der Waals surface area contributed by atoms with E-state index in [1.54, 1.807) is 11.1 Å². The van der Waals surface area contributed by atoms with Crippen molar-refractivity contribution in [2.24, 2.45) is 5.41 Å². The van der Waals surface area contributed by atoms with E-state index in [4.69, 9.17) is 14.2 Å². The molecule has 0 unspecified atom stereocenters. The first-order valence-corrected chi connectivity index (χ1v) is 12.7. The summed E-state index contributed by atoms with van der Waals surface area (Å²) in [6.07, 6.45) is 13.1. The van der Waals surface area contributed by atoms with Crippen LogP contribution in [0.2, 0.25) is 0 Å². The third-order valence-electron chi connectivity index (χ3n) is 6.91. The van der Waals surface area contributed by atoms with E-state index in [1.807, 2.05) is 6.08 Å². The molecule has 1 atom stereocenters. The van der Waals surface area contributed by atoms with Gasteiger partial charge in [-0.25, -0.2) is 4.79 Å². The molecule has 1 aliphatic heterocycles. The summed E-state index contributed by atoms with van der Waals surface area (Å²) in [6, 6.07) is 0. The molecule has 0 aromatic carbocycles. The summed E-state index contributed by atoms with van der Waals surface area (Å²) in [4.78, 5) is 34.2. The maximum Gasteiger partial charge on any atom is 0.331 e. The lowest BCUT2D eigenvalue weighted by molar-refractivity contribution is -0.141. The molecule has 0 amide bonds. The average molecular weight is 487 g/mol. The molecule has 0 N–H and O–H groups in total. The zero-order valence-corrected chi connectivity index (χ0v) is 22.3. The second-order valence-electron chi connectivity index (χ2n) is 10.4. The van der Waals surface area contributed by atoms with Crippen LogP contribution in [0, 0.1) is 5.41 Å². The van der Waals surface area contributed by atoms with Gasteiger partial charge in [-0.3, -0.25) is 9.59 Å². The number of ether oxygens (including phenoxy) is 3. The van der Waals surface area contributed by atoms with E-state index in [0.717, 1.165) is 31.3 Å². The molecule has 0 bridgehead atoms. The van der Waals surface area contributed by atoms with Crippen LogP contribution in [-0.4, -0.2) is 37.2 Å². The molecule has 1 aliphatic carbocycles. The molecule has 2 aliphatic rings. The fraction of sp³-hybridized carbons (Fsp3) is 0.621. The van der Waals surface area contributed by atoms with Gasteiger partial charge in [0.05, 0.1) is 0 Å². The monoisotopic (exact) mass is 486 g/mol. The topological polar surface area (TPSA) is 78.9 Å². The van der Waals surface area contributed by atoms with Crippen LogP contribution < -0.4 is 0 Å². The van der Waals surface area contributed by atoms with Crippen LogP contribution in [0.15, 0.2) is 46.1 Å². The highest BCUT2D eigenvalue weighted by molar-refractivity contribution is 5.86. The molecule has 0 fully saturated rings. The third-order valence-corrected chi connectivity index (χ3v) is 6.91. The van der Waals surface area contributed by atoms with Crippen molar-refractivity contribution in [2.45, 2.75) is 99.0 Å². The minimum absolute atomic E-state index is 0.0352. The van der Waals surface area contributed by atoms with Gasteiger partial charge in [0.25, 0.3) is 0 Å². The lowest BCUT2D eigenvalue weighted by Gasteiger charge is -2.35. The number of allylic oxidation sites excluding steroid dienone is 4. The van der Waals surface area contributed by atoms with Gasteiger partial charge in [0, 0.05) is 31.9 Å². The normalized spacial score (nSPS) is 20.5. The van der Waals surface area contributed by atoms with Crippen LogP contribution >= 0.6 is 0 Å². The number of hydrogen-bond donors (Lipinski definition) is 0. The molecule has 0 aromatic heterocycles. The minimum Gasteiger partial charge on any atom is -0.461 e. The van der Waals surface area contributed by atoms with Crippen molar-refractivity contribution in [1.82, 2.24) is 0 Å². The van der Waals surface area contributed by atoms with Crippen LogP contribution in [0.25, 0.3) is 0 Å². The largest absolute Gasteiger partial charge is 0.461 e. The summed E-state index contributed by atoms with van der Waals surface area (Å²) in [5.41, 5.74) is 6.47. The van der Waals surface area contributed by atoms with E-state index in [9.17, 15) is 14.4 Å². The summed E-state index contributed by atoms with van der Waals surface area (Å²) < 4.78 is 15.6. The predicted octanol–water partition coefficient (Wildman–Crippen LogP) is 6.31. The summed E-state index contributed by atoms with van der Waals surface area (Å²) in [7, 11) is 0. The molecular weight excluding hydrogens is 444 g/mol. The zero-order chi connectivity index (χ0) is 26.0. The van der Waals surface area contributed by atoms with Crippen LogP contribution in [0.1, 0.15) is 92.9 Å². The molecule has 0 spiro atoms. The number of hydrogen-bond acceptors (Lipinski definition) is 6. The van der Waals surface area contributed by atoms with Gasteiger partial charge in [-0.15, -0.1) is 0 Å². The molecule has 1 heterocycles. The Morgan fingerprint density at radius 2 is 1.83 bits per heavy atom. The molecule has 35 heavy (non-hydrogen) atoms. The van der Waals surface area contributed by atoms with Crippen LogP contribution in [0.4, 0.5) is 0 Å². The van der Waals surface area contributed by atoms with Crippen molar-refractivity contribution < 1.29 is 28.6 Å². The maximum atomic E-state index is 11.7. The number of esters is 3. The fourth-order valence-corrected chi connectivity index (χ4v) is 4.87. The minimum atomic E-state index is -0.471. The summed E-state index contributed by atoms with van der Waals surface area (Å²) >= 11 is 0. The summed E-state index contributed by atoms with van der Waals surface area (Å²) in [5.74, 6) is -1.17. The van der Waals surface area contributed by atoms with Crippen LogP contribution in [0.5, 0.6) is 0 Å². The highest BCUT2D eigenvalue weighted by Crippen LogP contribution is 2.42. The molecule has 0 aromatic rings. The molecule has 2 rings (SSSR count). The Kier molecular flexibility index (Phi) is 11.0. The van der Waals surface area contributed by atoms with Gasteiger partial charge in [-0.05, 0) is 69.8 Å². The molecule has 6 nitrogen and oxygen atoms in total. The van der Waals surface area contributed by atoms with Crippen molar-refractivity contribution in [3.8, 4) is 0 Å².